The molecule has 2 aliphatic rings. The van der Waals surface area contributed by atoms with Gasteiger partial charge in [-0.15, -0.1) is 0 Å². The van der Waals surface area contributed by atoms with Crippen molar-refractivity contribution >= 4 is 6.03 Å². The van der Waals surface area contributed by atoms with E-state index in [1.807, 2.05) is 6.92 Å². The summed E-state index contributed by atoms with van der Waals surface area (Å²) in [6, 6.07) is 6.35. The standard InChI is InChI=1S/C19H27F2N3O/c1-14(16-7-6-15-4-2-3-5-17(15)12-16)22-19(25)24-10-8-23(9-11-24)13-18(20)21/h6-7,12,14,18H,2-5,8-11,13H2,1H3,(H,22,25). The first-order chi connectivity index (χ1) is 12.0. The van der Waals surface area contributed by atoms with E-state index in [-0.39, 0.29) is 18.6 Å². The van der Waals surface area contributed by atoms with Crippen LogP contribution in [0.5, 0.6) is 0 Å². The monoisotopic (exact) mass is 351 g/mol. The van der Waals surface area contributed by atoms with Crippen LogP contribution in [0.1, 0.15) is 42.5 Å². The van der Waals surface area contributed by atoms with Gasteiger partial charge < -0.3 is 10.2 Å². The van der Waals surface area contributed by atoms with Gasteiger partial charge in [0.2, 0.25) is 0 Å². The third-order valence-electron chi connectivity index (χ3n) is 5.27. The minimum Gasteiger partial charge on any atom is -0.331 e. The fourth-order valence-electron chi connectivity index (χ4n) is 3.71. The average molecular weight is 351 g/mol. The van der Waals surface area contributed by atoms with Crippen molar-refractivity contribution in [1.29, 1.82) is 0 Å². The lowest BCUT2D eigenvalue weighted by Gasteiger charge is -2.35. The van der Waals surface area contributed by atoms with Crippen LogP contribution in [0, 0.1) is 0 Å². The van der Waals surface area contributed by atoms with Crippen LogP contribution in [0.2, 0.25) is 0 Å². The molecule has 1 aromatic carbocycles. The summed E-state index contributed by atoms with van der Waals surface area (Å²) in [6.07, 6.45) is 2.45. The van der Waals surface area contributed by atoms with Crippen LogP contribution in [0.3, 0.4) is 0 Å². The highest BCUT2D eigenvalue weighted by atomic mass is 19.3. The van der Waals surface area contributed by atoms with Gasteiger partial charge in [0.15, 0.2) is 0 Å². The Bertz CT molecular complexity index is 600. The summed E-state index contributed by atoms with van der Waals surface area (Å²) < 4.78 is 24.8. The largest absolute Gasteiger partial charge is 0.331 e. The van der Waals surface area contributed by atoms with E-state index >= 15 is 0 Å². The Labute approximate surface area is 148 Å². The number of urea groups is 1. The van der Waals surface area contributed by atoms with E-state index in [0.717, 1.165) is 18.4 Å². The molecule has 1 atom stereocenters. The number of nitrogens with one attached hydrogen (secondary N) is 1. The summed E-state index contributed by atoms with van der Waals surface area (Å²) in [5, 5.41) is 3.05. The number of piperazine rings is 1. The van der Waals surface area contributed by atoms with Gasteiger partial charge in [0.1, 0.15) is 0 Å². The number of benzene rings is 1. The van der Waals surface area contributed by atoms with Gasteiger partial charge in [-0.1, -0.05) is 18.2 Å². The van der Waals surface area contributed by atoms with Crippen LogP contribution < -0.4 is 5.32 Å². The average Bonchev–Trinajstić information content (AvgIpc) is 2.61. The van der Waals surface area contributed by atoms with Crippen molar-refractivity contribution in [2.24, 2.45) is 0 Å². The van der Waals surface area contributed by atoms with Crippen molar-refractivity contribution in [3.8, 4) is 0 Å². The molecule has 1 aliphatic heterocycles. The highest BCUT2D eigenvalue weighted by molar-refractivity contribution is 5.74. The molecule has 2 amide bonds. The molecular weight excluding hydrogens is 324 g/mol. The molecule has 1 aromatic rings. The van der Waals surface area contributed by atoms with E-state index in [1.54, 1.807) is 9.80 Å². The molecule has 3 rings (SSSR count). The SMILES string of the molecule is CC(NC(=O)N1CCN(CC(F)F)CC1)c1ccc2c(c1)CCCC2. The van der Waals surface area contributed by atoms with Crippen LogP contribution in [0.25, 0.3) is 0 Å². The summed E-state index contributed by atoms with van der Waals surface area (Å²) >= 11 is 0. The molecule has 0 radical (unpaired) electrons. The highest BCUT2D eigenvalue weighted by Crippen LogP contribution is 2.24. The second-order valence-electron chi connectivity index (χ2n) is 7.09. The number of nitrogens with zero attached hydrogens (tertiary/aromatic N) is 2. The van der Waals surface area contributed by atoms with Crippen LogP contribution >= 0.6 is 0 Å². The summed E-state index contributed by atoms with van der Waals surface area (Å²) in [7, 11) is 0. The maximum absolute atomic E-state index is 12.4. The second kappa shape index (κ2) is 8.13. The number of rotatable bonds is 4. The molecule has 1 heterocycles. The van der Waals surface area contributed by atoms with E-state index in [4.69, 9.17) is 0 Å². The zero-order valence-corrected chi connectivity index (χ0v) is 14.8. The van der Waals surface area contributed by atoms with Crippen molar-refractivity contribution in [2.45, 2.75) is 45.1 Å². The number of amides is 2. The predicted octanol–water partition coefficient (Wildman–Crippen LogP) is 3.22. The lowest BCUT2D eigenvalue weighted by molar-refractivity contribution is 0.0633. The minimum atomic E-state index is -2.32. The smallest absolute Gasteiger partial charge is 0.317 e. The van der Waals surface area contributed by atoms with Gasteiger partial charge in [-0.3, -0.25) is 4.90 Å². The van der Waals surface area contributed by atoms with Crippen molar-refractivity contribution < 1.29 is 13.6 Å². The van der Waals surface area contributed by atoms with Crippen molar-refractivity contribution in [3.63, 3.8) is 0 Å². The maximum Gasteiger partial charge on any atom is 0.317 e. The molecule has 1 N–H and O–H groups in total. The van der Waals surface area contributed by atoms with E-state index in [1.165, 1.54) is 24.0 Å². The van der Waals surface area contributed by atoms with Crippen LogP contribution in [0.15, 0.2) is 18.2 Å². The molecule has 0 saturated carbocycles. The molecule has 1 aliphatic carbocycles. The molecular formula is C19H27F2N3O. The summed E-state index contributed by atoms with van der Waals surface area (Å²) in [4.78, 5) is 15.9. The number of halogens is 2. The molecule has 0 spiro atoms. The van der Waals surface area contributed by atoms with E-state index in [9.17, 15) is 13.6 Å². The van der Waals surface area contributed by atoms with Gasteiger partial charge >= 0.3 is 6.03 Å². The Kier molecular flexibility index (Phi) is 5.89. The molecule has 1 fully saturated rings. The molecule has 0 bridgehead atoms. The van der Waals surface area contributed by atoms with Crippen molar-refractivity contribution in [2.75, 3.05) is 32.7 Å². The van der Waals surface area contributed by atoms with Crippen molar-refractivity contribution in [1.82, 2.24) is 15.1 Å². The second-order valence-corrected chi connectivity index (χ2v) is 7.09. The Balaban J connectivity index is 1.53. The van der Waals surface area contributed by atoms with Gasteiger partial charge in [-0.25, -0.2) is 13.6 Å². The first-order valence-corrected chi connectivity index (χ1v) is 9.20. The van der Waals surface area contributed by atoms with E-state index in [2.05, 4.69) is 23.5 Å². The van der Waals surface area contributed by atoms with Gasteiger partial charge in [-0.2, -0.15) is 0 Å². The fourth-order valence-corrected chi connectivity index (χ4v) is 3.71. The van der Waals surface area contributed by atoms with Crippen LogP contribution in [-0.2, 0) is 12.8 Å². The zero-order valence-electron chi connectivity index (χ0n) is 14.8. The predicted molar refractivity (Wildman–Crippen MR) is 94.0 cm³/mol. The molecule has 138 valence electrons. The molecule has 25 heavy (non-hydrogen) atoms. The topological polar surface area (TPSA) is 35.6 Å². The zero-order chi connectivity index (χ0) is 17.8. The van der Waals surface area contributed by atoms with Crippen LogP contribution in [0.4, 0.5) is 13.6 Å². The number of alkyl halides is 2. The summed E-state index contributed by atoms with van der Waals surface area (Å²) in [5.41, 5.74) is 3.97. The lowest BCUT2D eigenvalue weighted by atomic mass is 9.89. The van der Waals surface area contributed by atoms with Gasteiger partial charge in [0, 0.05) is 26.2 Å². The molecule has 4 nitrogen and oxygen atoms in total. The summed E-state index contributed by atoms with van der Waals surface area (Å²) in [6.45, 7) is 3.79. The Morgan fingerprint density at radius 3 is 2.48 bits per heavy atom. The number of carbonyl (C=O) groups is 1. The Morgan fingerprint density at radius 2 is 1.80 bits per heavy atom. The van der Waals surface area contributed by atoms with E-state index < -0.39 is 6.43 Å². The quantitative estimate of drug-likeness (QED) is 0.904. The Hall–Kier alpha value is -1.69. The maximum atomic E-state index is 12.4. The van der Waals surface area contributed by atoms with Gasteiger partial charge in [0.05, 0.1) is 12.6 Å². The Morgan fingerprint density at radius 1 is 1.12 bits per heavy atom. The van der Waals surface area contributed by atoms with Gasteiger partial charge in [-0.05, 0) is 49.3 Å². The third-order valence-corrected chi connectivity index (χ3v) is 5.27. The molecule has 6 heteroatoms. The number of aryl methyl sites for hydroxylation is 2. The highest BCUT2D eigenvalue weighted by Gasteiger charge is 2.24. The fraction of sp³-hybridized carbons (Fsp3) is 0.632. The molecule has 1 saturated heterocycles. The number of fused-ring (bicyclic) bond motifs is 1. The molecule has 1 unspecified atom stereocenters. The number of carbonyl (C=O) groups excluding carboxylic acids is 1. The first-order valence-electron chi connectivity index (χ1n) is 9.20. The number of hydrogen-bond donors (Lipinski definition) is 1. The first kappa shape index (κ1) is 18.1. The lowest BCUT2D eigenvalue weighted by Crippen LogP contribution is -2.52. The van der Waals surface area contributed by atoms with Crippen LogP contribution in [-0.4, -0.2) is 55.0 Å². The van der Waals surface area contributed by atoms with Gasteiger partial charge in [0.25, 0.3) is 6.43 Å². The summed E-state index contributed by atoms with van der Waals surface area (Å²) in [5.74, 6) is 0. The third kappa shape index (κ3) is 4.69. The van der Waals surface area contributed by atoms with E-state index in [0.29, 0.717) is 26.2 Å². The minimum absolute atomic E-state index is 0.0566. The number of hydrogen-bond acceptors (Lipinski definition) is 2. The van der Waals surface area contributed by atoms with Crippen molar-refractivity contribution in [3.05, 3.63) is 34.9 Å². The normalized spacial score (nSPS) is 19.6. The molecule has 0 aromatic heterocycles.